The average molecular weight is 735 g/mol. The predicted molar refractivity (Wildman–Crippen MR) is 217 cm³/mol. The van der Waals surface area contributed by atoms with Gasteiger partial charge in [0.05, 0.1) is 13.0 Å². The van der Waals surface area contributed by atoms with Gasteiger partial charge in [0.1, 0.15) is 36.1 Å². The Kier molecular flexibility index (Phi) is 10.7. The number of allylic oxidation sites excluding steroid dienone is 4. The number of aliphatic hydroxyl groups excluding tert-OH is 1. The van der Waals surface area contributed by atoms with Crippen LogP contribution in [0.25, 0.3) is 16.8 Å². The van der Waals surface area contributed by atoms with Crippen LogP contribution in [0.3, 0.4) is 0 Å². The minimum Gasteiger partial charge on any atom is -0.508 e. The second-order valence-corrected chi connectivity index (χ2v) is 15.7. The zero-order valence-corrected chi connectivity index (χ0v) is 31.9. The van der Waals surface area contributed by atoms with Crippen LogP contribution in [-0.2, 0) is 35.4 Å². The Hall–Kier alpha value is -5.41. The molecular formula is C49H50O6. The Bertz CT molecular complexity index is 2230. The molecule has 2 aliphatic heterocycles. The number of methoxy groups -OCH3 is 1. The van der Waals surface area contributed by atoms with Gasteiger partial charge in [0.15, 0.2) is 11.5 Å². The molecule has 55 heavy (non-hydrogen) atoms. The van der Waals surface area contributed by atoms with Crippen molar-refractivity contribution in [3.05, 3.63) is 130 Å². The van der Waals surface area contributed by atoms with Crippen LogP contribution in [-0.4, -0.2) is 29.2 Å². The molecule has 282 valence electrons. The van der Waals surface area contributed by atoms with Gasteiger partial charge < -0.3 is 24.4 Å². The molecule has 6 nitrogen and oxygen atoms in total. The summed E-state index contributed by atoms with van der Waals surface area (Å²) in [5, 5.41) is 24.5. The van der Waals surface area contributed by atoms with E-state index in [0.717, 1.165) is 71.7 Å². The van der Waals surface area contributed by atoms with Crippen LogP contribution >= 0.6 is 0 Å². The largest absolute Gasteiger partial charge is 0.508 e. The van der Waals surface area contributed by atoms with Gasteiger partial charge in [-0.05, 0) is 131 Å². The van der Waals surface area contributed by atoms with Gasteiger partial charge in [0.2, 0.25) is 0 Å². The van der Waals surface area contributed by atoms with Gasteiger partial charge in [0, 0.05) is 24.3 Å². The van der Waals surface area contributed by atoms with Crippen LogP contribution in [0, 0.1) is 23.9 Å². The maximum Gasteiger partial charge on any atom is 0.161 e. The monoisotopic (exact) mass is 734 g/mol. The first-order valence-corrected chi connectivity index (χ1v) is 20.0. The van der Waals surface area contributed by atoms with Crippen molar-refractivity contribution in [1.82, 2.24) is 0 Å². The number of carbonyl (C=O) groups is 1. The number of aliphatic hydroxyl groups is 1. The number of fused-ring (bicyclic) bond motifs is 7. The van der Waals surface area contributed by atoms with Crippen molar-refractivity contribution in [3.8, 4) is 29.3 Å². The third-order valence-electron chi connectivity index (χ3n) is 12.1. The van der Waals surface area contributed by atoms with Crippen molar-refractivity contribution in [3.63, 3.8) is 0 Å². The molecular weight excluding hydrogens is 685 g/mol. The first kappa shape index (κ1) is 36.6. The summed E-state index contributed by atoms with van der Waals surface area (Å²) in [7, 11) is 1.64. The molecule has 8 bridgehead atoms. The molecule has 4 aromatic rings. The molecule has 9 rings (SSSR count). The molecule has 5 atom stereocenters. The number of carbonyl (C=O) groups excluding carboxylic acids is 1. The van der Waals surface area contributed by atoms with E-state index in [0.29, 0.717) is 37.4 Å². The van der Waals surface area contributed by atoms with Crippen LogP contribution in [0.2, 0.25) is 0 Å². The normalized spacial score (nSPS) is 22.9. The topological polar surface area (TPSA) is 85.2 Å². The van der Waals surface area contributed by atoms with Crippen molar-refractivity contribution in [2.75, 3.05) is 7.11 Å². The Morgan fingerprint density at radius 2 is 1.78 bits per heavy atom. The van der Waals surface area contributed by atoms with Gasteiger partial charge in [-0.3, -0.25) is 4.79 Å². The van der Waals surface area contributed by atoms with Crippen LogP contribution in [0.1, 0.15) is 103 Å². The van der Waals surface area contributed by atoms with Crippen molar-refractivity contribution in [1.29, 1.82) is 0 Å². The molecule has 0 saturated heterocycles. The second kappa shape index (κ2) is 16.1. The standard InChI is InChI=1S/C49H50O6/c1-31-12-20-42-38-25-36-16-15-35(47-44(52)29-43(31)49(42)48(36)47)22-23-54-41(28-40(51)18-13-33-14-21-45(53-2)46(24-33)55-30-38)27-37-26-39(50)19-17-34(37)11-7-6-10-32-8-4-3-5-9-32/h3-5,8-9,12,14,17,19-21,24-26,29,31,34-35,37,41,50,52H,6-7,10-11,13,15-16,18,27-28,30H2,1-2H3/t31-,34-,35-,37+,41-/m0/s1. The summed E-state index contributed by atoms with van der Waals surface area (Å²) in [4.78, 5) is 13.7. The molecule has 0 unspecified atom stereocenters. The van der Waals surface area contributed by atoms with E-state index in [1.165, 1.54) is 16.5 Å². The van der Waals surface area contributed by atoms with E-state index in [2.05, 4.69) is 67.5 Å². The van der Waals surface area contributed by atoms with E-state index in [1.807, 2.05) is 36.4 Å². The number of aromatic hydroxyl groups is 1. The lowest BCUT2D eigenvalue weighted by atomic mass is 9.74. The summed E-state index contributed by atoms with van der Waals surface area (Å²) in [5.74, 6) is 5.47. The van der Waals surface area contributed by atoms with Gasteiger partial charge >= 0.3 is 0 Å². The van der Waals surface area contributed by atoms with E-state index in [1.54, 1.807) is 13.2 Å². The Morgan fingerprint density at radius 1 is 0.909 bits per heavy atom. The molecule has 0 aromatic heterocycles. The molecule has 0 saturated carbocycles. The van der Waals surface area contributed by atoms with Crippen LogP contribution < -0.4 is 9.47 Å². The molecule has 4 aromatic carbocycles. The molecule has 0 fully saturated rings. The van der Waals surface area contributed by atoms with Crippen molar-refractivity contribution < 1.29 is 29.2 Å². The van der Waals surface area contributed by atoms with E-state index in [4.69, 9.17) is 14.2 Å². The number of unbranched alkanes of at least 4 members (excludes halogenated alkanes) is 1. The van der Waals surface area contributed by atoms with Crippen LogP contribution in [0.15, 0.2) is 90.7 Å². The first-order chi connectivity index (χ1) is 26.8. The van der Waals surface area contributed by atoms with E-state index < -0.39 is 6.10 Å². The highest BCUT2D eigenvalue weighted by Gasteiger charge is 2.31. The highest BCUT2D eigenvalue weighted by Crippen LogP contribution is 2.49. The molecule has 0 spiro atoms. The predicted octanol–water partition coefficient (Wildman–Crippen LogP) is 10.6. The van der Waals surface area contributed by atoms with Gasteiger partial charge in [-0.1, -0.05) is 80.0 Å². The Labute approximate surface area is 324 Å². The number of Topliss-reactive ketones (excluding diaryl/α,β-unsaturated/α-hetero) is 1. The first-order valence-electron chi connectivity index (χ1n) is 20.0. The summed E-state index contributed by atoms with van der Waals surface area (Å²) in [5.41, 5.74) is 7.71. The molecule has 3 aliphatic carbocycles. The molecule has 2 heterocycles. The number of phenolic OH excluding ortho intramolecular Hbond substituents is 1. The number of hydrogen-bond acceptors (Lipinski definition) is 6. The van der Waals surface area contributed by atoms with Gasteiger partial charge in [-0.2, -0.15) is 0 Å². The molecule has 6 heteroatoms. The fourth-order valence-corrected chi connectivity index (χ4v) is 9.12. The zero-order valence-electron chi connectivity index (χ0n) is 31.9. The van der Waals surface area contributed by atoms with Gasteiger partial charge in [-0.25, -0.2) is 0 Å². The van der Waals surface area contributed by atoms with Crippen molar-refractivity contribution in [2.24, 2.45) is 11.8 Å². The van der Waals surface area contributed by atoms with Crippen LogP contribution in [0.4, 0.5) is 0 Å². The quantitative estimate of drug-likeness (QED) is 0.138. The third-order valence-corrected chi connectivity index (χ3v) is 12.1. The molecule has 2 N–H and O–H groups in total. The molecule has 0 amide bonds. The highest BCUT2D eigenvalue weighted by molar-refractivity contribution is 6.03. The smallest absolute Gasteiger partial charge is 0.161 e. The zero-order chi connectivity index (χ0) is 37.9. The van der Waals surface area contributed by atoms with E-state index in [-0.39, 0.29) is 47.4 Å². The number of ketones is 1. The maximum absolute atomic E-state index is 13.7. The van der Waals surface area contributed by atoms with Crippen LogP contribution in [0.5, 0.6) is 17.2 Å². The summed E-state index contributed by atoms with van der Waals surface area (Å²) >= 11 is 0. The maximum atomic E-state index is 13.7. The van der Waals surface area contributed by atoms with E-state index in [9.17, 15) is 15.0 Å². The van der Waals surface area contributed by atoms with Crippen molar-refractivity contribution in [2.45, 2.75) is 95.7 Å². The number of benzene rings is 4. The molecule has 0 radical (unpaired) electrons. The Balaban J connectivity index is 1.11. The Morgan fingerprint density at radius 3 is 2.64 bits per heavy atom. The summed E-state index contributed by atoms with van der Waals surface area (Å²) in [6, 6.07) is 20.6. The third kappa shape index (κ3) is 7.89. The lowest BCUT2D eigenvalue weighted by Crippen LogP contribution is -2.24. The fraction of sp³-hybridized carbons (Fsp3) is 0.367. The van der Waals surface area contributed by atoms with E-state index >= 15 is 0 Å². The number of aryl methyl sites for hydroxylation is 3. The summed E-state index contributed by atoms with van der Waals surface area (Å²) < 4.78 is 18.6. The number of hydrogen-bond donors (Lipinski definition) is 2. The SMILES string of the molecule is COc1ccc2cc1OCc1cc3c4c(c(O)cc5c4c1C=C[C@@H]5C)[C@H](C#CO[C@@H](C[C@H]1C=C(O)C=C[C@@H]1CCCCc1ccccc1)CC(=O)CC2)CC3. The fourth-order valence-electron chi connectivity index (χ4n) is 9.12. The minimum absolute atomic E-state index is 0.00945. The summed E-state index contributed by atoms with van der Waals surface area (Å²) in [6.07, 6.45) is 20.3. The lowest BCUT2D eigenvalue weighted by Gasteiger charge is -2.30. The number of rotatable bonds is 8. The summed E-state index contributed by atoms with van der Waals surface area (Å²) in [6.45, 7) is 2.52. The number of phenols is 1. The van der Waals surface area contributed by atoms with Crippen molar-refractivity contribution >= 4 is 22.6 Å². The minimum atomic E-state index is -0.457. The molecule has 5 aliphatic rings. The highest BCUT2D eigenvalue weighted by atomic mass is 16.5. The lowest BCUT2D eigenvalue weighted by molar-refractivity contribution is -0.121. The second-order valence-electron chi connectivity index (χ2n) is 15.7. The average Bonchev–Trinajstić information content (AvgIpc) is 3.19. The number of ether oxygens (including phenoxy) is 3. The van der Waals surface area contributed by atoms with Gasteiger partial charge in [-0.15, -0.1) is 0 Å². The van der Waals surface area contributed by atoms with Gasteiger partial charge in [0.25, 0.3) is 0 Å².